The summed E-state index contributed by atoms with van der Waals surface area (Å²) in [4.78, 5) is 10.4. The summed E-state index contributed by atoms with van der Waals surface area (Å²) in [6.45, 7) is 0. The highest BCUT2D eigenvalue weighted by Crippen LogP contribution is 2.40. The predicted octanol–water partition coefficient (Wildman–Crippen LogP) is 13.4. The number of fused-ring (bicyclic) bond motifs is 6. The second kappa shape index (κ2) is 13.6. The molecule has 56 heavy (non-hydrogen) atoms. The molecular weight excluding hydrogens is 701 g/mol. The highest BCUT2D eigenvalue weighted by Gasteiger charge is 2.23. The minimum absolute atomic E-state index is 0.0915. The van der Waals surface area contributed by atoms with Crippen molar-refractivity contribution in [1.82, 2.24) is 9.13 Å². The number of nitrogens with zero attached hydrogens (tertiary/aromatic N) is 4. The predicted molar refractivity (Wildman–Crippen MR) is 238 cm³/mol. The van der Waals surface area contributed by atoms with Gasteiger partial charge in [0.25, 0.3) is 0 Å². The number of para-hydroxylation sites is 2. The molecule has 11 rings (SSSR count). The monoisotopic (exact) mass is 736 g/mol. The third-order valence-electron chi connectivity index (χ3n) is 11.1. The van der Waals surface area contributed by atoms with Crippen LogP contribution in [0.4, 0.5) is 0 Å². The lowest BCUT2D eigenvalue weighted by atomic mass is 10.0. The molecule has 0 radical (unpaired) electrons. The minimum atomic E-state index is -0.0915. The second-order valence-corrected chi connectivity index (χ2v) is 15.5. The van der Waals surface area contributed by atoms with Crippen LogP contribution in [0.3, 0.4) is 0 Å². The molecule has 7 aromatic carbocycles. The minimum Gasteiger partial charge on any atom is -0.310 e. The third-order valence-corrected chi connectivity index (χ3v) is 12.2. The van der Waals surface area contributed by atoms with E-state index in [1.54, 1.807) is 11.8 Å². The number of hydrogen-bond acceptors (Lipinski definition) is 3. The molecule has 1 aliphatic heterocycles. The molecule has 4 nitrogen and oxygen atoms in total. The number of benzene rings is 7. The van der Waals surface area contributed by atoms with E-state index in [-0.39, 0.29) is 5.37 Å². The molecule has 0 fully saturated rings. The first-order valence-corrected chi connectivity index (χ1v) is 20.1. The van der Waals surface area contributed by atoms with Crippen LogP contribution >= 0.6 is 11.8 Å². The maximum Gasteiger partial charge on any atom is 0.157 e. The van der Waals surface area contributed by atoms with Crippen molar-refractivity contribution in [2.75, 3.05) is 0 Å². The second-order valence-electron chi connectivity index (χ2n) is 14.4. The zero-order valence-corrected chi connectivity index (χ0v) is 31.4. The number of amidine groups is 1. The van der Waals surface area contributed by atoms with Gasteiger partial charge in [-0.05, 0) is 84.1 Å². The van der Waals surface area contributed by atoms with Crippen LogP contribution in [-0.4, -0.2) is 20.0 Å². The van der Waals surface area contributed by atoms with E-state index in [9.17, 15) is 0 Å². The molecular formula is C51H36N4S. The number of rotatable bonds is 6. The van der Waals surface area contributed by atoms with E-state index >= 15 is 0 Å². The Kier molecular flexibility index (Phi) is 7.92. The highest BCUT2D eigenvalue weighted by molar-refractivity contribution is 8.14. The van der Waals surface area contributed by atoms with Gasteiger partial charge in [0.15, 0.2) is 5.84 Å². The maximum atomic E-state index is 5.23. The van der Waals surface area contributed by atoms with Crippen LogP contribution < -0.4 is 0 Å². The van der Waals surface area contributed by atoms with E-state index in [0.717, 1.165) is 51.6 Å². The van der Waals surface area contributed by atoms with Gasteiger partial charge in [0.05, 0.1) is 22.1 Å². The van der Waals surface area contributed by atoms with Crippen LogP contribution in [0.2, 0.25) is 0 Å². The molecule has 0 bridgehead atoms. The molecule has 3 heterocycles. The average molecular weight is 737 g/mol. The normalized spacial score (nSPS) is 15.7. The Morgan fingerprint density at radius 3 is 1.79 bits per heavy atom. The first-order chi connectivity index (χ1) is 27.8. The molecule has 1 unspecified atom stereocenters. The molecule has 266 valence electrons. The van der Waals surface area contributed by atoms with E-state index in [2.05, 4.69) is 191 Å². The topological polar surface area (TPSA) is 34.6 Å². The lowest BCUT2D eigenvalue weighted by Crippen LogP contribution is -2.13. The Balaban J connectivity index is 1.03. The van der Waals surface area contributed by atoms with Crippen molar-refractivity contribution >= 4 is 71.9 Å². The Bertz CT molecular complexity index is 3110. The molecule has 1 atom stereocenters. The first-order valence-electron chi connectivity index (χ1n) is 19.2. The van der Waals surface area contributed by atoms with Crippen molar-refractivity contribution < 1.29 is 0 Å². The fourth-order valence-corrected chi connectivity index (χ4v) is 9.49. The number of hydrogen-bond donors (Lipinski definition) is 0. The van der Waals surface area contributed by atoms with E-state index in [0.29, 0.717) is 0 Å². The van der Waals surface area contributed by atoms with Gasteiger partial charge in [-0.1, -0.05) is 145 Å². The molecule has 2 aliphatic rings. The smallest absolute Gasteiger partial charge is 0.157 e. The summed E-state index contributed by atoms with van der Waals surface area (Å²) < 4.78 is 4.80. The van der Waals surface area contributed by atoms with Crippen molar-refractivity contribution in [3.63, 3.8) is 0 Å². The van der Waals surface area contributed by atoms with Gasteiger partial charge in [0.1, 0.15) is 10.4 Å². The molecule has 9 aromatic rings. The fraction of sp³-hybridized carbons (Fsp3) is 0.0588. The first kappa shape index (κ1) is 32.7. The zero-order valence-electron chi connectivity index (χ0n) is 30.6. The van der Waals surface area contributed by atoms with E-state index < -0.39 is 0 Å². The average Bonchev–Trinajstić information content (AvgIpc) is 3.79. The summed E-state index contributed by atoms with van der Waals surface area (Å²) in [5, 5.41) is 5.88. The summed E-state index contributed by atoms with van der Waals surface area (Å²) in [5.74, 6) is 0.744. The largest absolute Gasteiger partial charge is 0.310 e. The summed E-state index contributed by atoms with van der Waals surface area (Å²) in [7, 11) is 0. The van der Waals surface area contributed by atoms with Crippen molar-refractivity contribution in [2.24, 2.45) is 9.98 Å². The van der Waals surface area contributed by atoms with Gasteiger partial charge >= 0.3 is 0 Å². The van der Waals surface area contributed by atoms with Gasteiger partial charge in [0, 0.05) is 44.1 Å². The van der Waals surface area contributed by atoms with Crippen LogP contribution in [0, 0.1) is 0 Å². The molecule has 1 aliphatic carbocycles. The maximum absolute atomic E-state index is 5.23. The summed E-state index contributed by atoms with van der Waals surface area (Å²) in [6, 6.07) is 61.1. The SMILES string of the molecule is C1=CC(n2c3ccccc3c3cc(-c4ccc5c(c4)c4ccccc4n5-c4cccc(C5=NC(c6ccccc6)SC(c6ccccc6)=N5)c4)ccc32)=CCC1. The Morgan fingerprint density at radius 2 is 1.09 bits per heavy atom. The summed E-state index contributed by atoms with van der Waals surface area (Å²) in [5.41, 5.74) is 12.8. The van der Waals surface area contributed by atoms with Crippen LogP contribution in [0.1, 0.15) is 34.9 Å². The van der Waals surface area contributed by atoms with Crippen LogP contribution in [0.25, 0.3) is 66.1 Å². The number of allylic oxidation sites excluding steroid dienone is 4. The van der Waals surface area contributed by atoms with Gasteiger partial charge in [-0.25, -0.2) is 9.98 Å². The quantitative estimate of drug-likeness (QED) is 0.167. The molecule has 0 spiro atoms. The van der Waals surface area contributed by atoms with Gasteiger partial charge in [-0.3, -0.25) is 0 Å². The standard InChI is InChI=1S/C51H36N4S/c1-4-15-34(16-5-1)50-52-49(53-51(56-50)35-17-6-2-7-18-35)38-19-14-22-40(31-38)55-46-26-13-11-24-42(46)44-33-37(28-30-48(44)55)36-27-29-47-43(32-36)41-23-10-12-25-45(41)54(47)39-20-8-3-9-21-39/h1-2,4-8,10-33,50H,3,9H2. The van der Waals surface area contributed by atoms with Crippen LogP contribution in [0.15, 0.2) is 198 Å². The Labute approximate surface area is 329 Å². The fourth-order valence-electron chi connectivity index (χ4n) is 8.42. The van der Waals surface area contributed by atoms with Gasteiger partial charge in [0.2, 0.25) is 0 Å². The highest BCUT2D eigenvalue weighted by atomic mass is 32.2. The zero-order chi connectivity index (χ0) is 37.0. The third kappa shape index (κ3) is 5.54. The van der Waals surface area contributed by atoms with Crippen LogP contribution in [-0.2, 0) is 0 Å². The van der Waals surface area contributed by atoms with E-state index in [4.69, 9.17) is 9.98 Å². The van der Waals surface area contributed by atoms with Gasteiger partial charge < -0.3 is 9.13 Å². The number of aromatic nitrogens is 2. The van der Waals surface area contributed by atoms with Crippen molar-refractivity contribution in [3.8, 4) is 16.8 Å². The Morgan fingerprint density at radius 1 is 0.482 bits per heavy atom. The van der Waals surface area contributed by atoms with Crippen LogP contribution in [0.5, 0.6) is 0 Å². The van der Waals surface area contributed by atoms with Crippen molar-refractivity contribution in [3.05, 3.63) is 205 Å². The molecule has 0 saturated carbocycles. The molecule has 0 amide bonds. The van der Waals surface area contributed by atoms with Crippen molar-refractivity contribution in [2.45, 2.75) is 18.2 Å². The summed E-state index contributed by atoms with van der Waals surface area (Å²) >= 11 is 1.70. The lowest BCUT2D eigenvalue weighted by Gasteiger charge is -2.21. The lowest BCUT2D eigenvalue weighted by molar-refractivity contribution is 1.02. The van der Waals surface area contributed by atoms with E-state index in [1.165, 1.54) is 54.9 Å². The molecule has 5 heteroatoms. The Hall–Kier alpha value is -6.69. The van der Waals surface area contributed by atoms with Gasteiger partial charge in [-0.15, -0.1) is 0 Å². The van der Waals surface area contributed by atoms with Crippen molar-refractivity contribution in [1.29, 1.82) is 0 Å². The molecule has 0 N–H and O–H groups in total. The number of aliphatic imine (C=N–C) groups is 2. The van der Waals surface area contributed by atoms with Gasteiger partial charge in [-0.2, -0.15) is 0 Å². The summed E-state index contributed by atoms with van der Waals surface area (Å²) in [6.07, 6.45) is 9.08. The number of thioether (sulfide) groups is 1. The van der Waals surface area contributed by atoms with E-state index in [1.807, 2.05) is 6.07 Å². The molecule has 2 aromatic heterocycles. The molecule has 0 saturated heterocycles.